The minimum atomic E-state index is -4.72. The van der Waals surface area contributed by atoms with E-state index in [9.17, 15) is 27.2 Å². The molecule has 0 aliphatic carbocycles. The first-order valence-electron chi connectivity index (χ1n) is 7.22. The highest BCUT2D eigenvalue weighted by Crippen LogP contribution is 2.38. The molecule has 0 radical (unpaired) electrons. The van der Waals surface area contributed by atoms with Crippen molar-refractivity contribution in [2.45, 2.75) is 12.6 Å². The van der Waals surface area contributed by atoms with E-state index in [0.29, 0.717) is 5.56 Å². The van der Waals surface area contributed by atoms with Crippen LogP contribution in [0.15, 0.2) is 42.5 Å². The average molecular weight is 390 g/mol. The lowest BCUT2D eigenvalue weighted by Gasteiger charge is -2.15. The Kier molecular flexibility index (Phi) is 6.20. The number of nitrogens with one attached hydrogen (secondary N) is 1. The molecule has 9 heteroatoms. The smallest absolute Gasteiger partial charge is 0.418 e. The van der Waals surface area contributed by atoms with Gasteiger partial charge in [0.25, 0.3) is 5.91 Å². The summed E-state index contributed by atoms with van der Waals surface area (Å²) in [5.74, 6) is -2.24. The molecule has 0 saturated carbocycles. The van der Waals surface area contributed by atoms with Crippen LogP contribution in [0.4, 0.5) is 23.2 Å². The molecule has 0 aliphatic heterocycles. The first-order chi connectivity index (χ1) is 12.2. The Bertz CT molecular complexity index is 807. The summed E-state index contributed by atoms with van der Waals surface area (Å²) in [5, 5.41) is 1.69. The number of ether oxygens (including phenoxy) is 1. The van der Waals surface area contributed by atoms with Crippen LogP contribution in [0.5, 0.6) is 0 Å². The molecule has 2 aromatic rings. The number of anilines is 1. The van der Waals surface area contributed by atoms with Gasteiger partial charge in [0.05, 0.1) is 22.7 Å². The molecule has 0 bridgehead atoms. The Morgan fingerprint density at radius 3 is 2.35 bits per heavy atom. The number of amides is 1. The summed E-state index contributed by atoms with van der Waals surface area (Å²) in [5.41, 5.74) is -1.26. The zero-order valence-corrected chi connectivity index (χ0v) is 13.8. The van der Waals surface area contributed by atoms with Gasteiger partial charge in [0.1, 0.15) is 5.82 Å². The third-order valence-corrected chi connectivity index (χ3v) is 3.52. The zero-order chi connectivity index (χ0) is 19.3. The molecule has 0 fully saturated rings. The maximum absolute atomic E-state index is 12.9. The molecule has 1 amide bonds. The number of hydrogen-bond donors (Lipinski definition) is 1. The molecular weight excluding hydrogens is 378 g/mol. The van der Waals surface area contributed by atoms with E-state index < -0.39 is 41.7 Å². The number of hydrogen-bond acceptors (Lipinski definition) is 3. The van der Waals surface area contributed by atoms with Crippen molar-refractivity contribution in [2.24, 2.45) is 0 Å². The minimum Gasteiger partial charge on any atom is -0.455 e. The van der Waals surface area contributed by atoms with E-state index in [2.05, 4.69) is 0 Å². The van der Waals surface area contributed by atoms with Gasteiger partial charge in [-0.2, -0.15) is 13.2 Å². The zero-order valence-electron chi connectivity index (χ0n) is 13.1. The molecule has 0 aromatic heterocycles. The summed E-state index contributed by atoms with van der Waals surface area (Å²) < 4.78 is 56.3. The van der Waals surface area contributed by atoms with Crippen molar-refractivity contribution in [1.82, 2.24) is 0 Å². The summed E-state index contributed by atoms with van der Waals surface area (Å²) in [7, 11) is 0. The van der Waals surface area contributed by atoms with E-state index >= 15 is 0 Å². The Morgan fingerprint density at radius 1 is 1.08 bits per heavy atom. The third-order valence-electron chi connectivity index (χ3n) is 3.21. The quantitative estimate of drug-likeness (QED) is 0.615. The van der Waals surface area contributed by atoms with Crippen LogP contribution in [-0.4, -0.2) is 18.5 Å². The summed E-state index contributed by atoms with van der Waals surface area (Å²) in [6.07, 6.45) is -4.93. The molecule has 4 nitrogen and oxygen atoms in total. The molecule has 0 atom stereocenters. The average Bonchev–Trinajstić information content (AvgIpc) is 2.56. The van der Waals surface area contributed by atoms with E-state index in [1.165, 1.54) is 18.2 Å². The summed E-state index contributed by atoms with van der Waals surface area (Å²) in [6.45, 7) is -0.789. The molecular formula is C17H12ClF4NO3. The van der Waals surface area contributed by atoms with Crippen molar-refractivity contribution in [3.63, 3.8) is 0 Å². The summed E-state index contributed by atoms with van der Waals surface area (Å²) in [6, 6.07) is 8.11. The SMILES string of the molecule is O=C(COC(=O)Cc1ccc(F)cc1)Nc1c(Cl)cccc1C(F)(F)F. The number of carbonyl (C=O) groups excluding carboxylic acids is 2. The first-order valence-corrected chi connectivity index (χ1v) is 7.60. The van der Waals surface area contributed by atoms with Gasteiger partial charge in [-0.25, -0.2) is 4.39 Å². The summed E-state index contributed by atoms with van der Waals surface area (Å²) >= 11 is 5.71. The normalized spacial score (nSPS) is 11.1. The molecule has 0 heterocycles. The van der Waals surface area contributed by atoms with Gasteiger partial charge >= 0.3 is 12.1 Å². The minimum absolute atomic E-state index is 0.215. The lowest BCUT2D eigenvalue weighted by Crippen LogP contribution is -2.23. The van der Waals surface area contributed by atoms with E-state index in [1.54, 1.807) is 0 Å². The lowest BCUT2D eigenvalue weighted by molar-refractivity contribution is -0.146. The molecule has 1 N–H and O–H groups in total. The van der Waals surface area contributed by atoms with Crippen LogP contribution >= 0.6 is 11.6 Å². The van der Waals surface area contributed by atoms with Gasteiger partial charge in [0, 0.05) is 0 Å². The number of para-hydroxylation sites is 1. The molecule has 2 aromatic carbocycles. The topological polar surface area (TPSA) is 55.4 Å². The summed E-state index contributed by atoms with van der Waals surface area (Å²) in [4.78, 5) is 23.4. The van der Waals surface area contributed by atoms with Crippen LogP contribution in [0.2, 0.25) is 5.02 Å². The van der Waals surface area contributed by atoms with Crippen molar-refractivity contribution in [1.29, 1.82) is 0 Å². The standard InChI is InChI=1S/C17H12ClF4NO3/c18-13-3-1-2-12(17(20,21)22)16(13)23-14(24)9-26-15(25)8-10-4-6-11(19)7-5-10/h1-7H,8-9H2,(H,23,24). The van der Waals surface area contributed by atoms with Gasteiger partial charge in [-0.05, 0) is 29.8 Å². The number of alkyl halides is 3. The molecule has 0 aliphatic rings. The van der Waals surface area contributed by atoms with E-state index in [1.807, 2.05) is 5.32 Å². The van der Waals surface area contributed by atoms with Crippen molar-refractivity contribution >= 4 is 29.2 Å². The molecule has 0 unspecified atom stereocenters. The molecule has 0 spiro atoms. The van der Waals surface area contributed by atoms with Crippen LogP contribution < -0.4 is 5.32 Å². The van der Waals surface area contributed by atoms with Crippen molar-refractivity contribution in [2.75, 3.05) is 11.9 Å². The maximum atomic E-state index is 12.9. The van der Waals surface area contributed by atoms with Crippen LogP contribution in [-0.2, 0) is 26.9 Å². The van der Waals surface area contributed by atoms with Gasteiger partial charge < -0.3 is 10.1 Å². The van der Waals surface area contributed by atoms with E-state index in [-0.39, 0.29) is 11.4 Å². The third kappa shape index (κ3) is 5.45. The number of halogens is 5. The van der Waals surface area contributed by atoms with Crippen molar-refractivity contribution < 1.29 is 31.9 Å². The van der Waals surface area contributed by atoms with Crippen LogP contribution in [0.25, 0.3) is 0 Å². The van der Waals surface area contributed by atoms with Crippen LogP contribution in [0, 0.1) is 5.82 Å². The fourth-order valence-corrected chi connectivity index (χ4v) is 2.25. The largest absolute Gasteiger partial charge is 0.455 e. The molecule has 2 rings (SSSR count). The molecule has 138 valence electrons. The highest BCUT2D eigenvalue weighted by Gasteiger charge is 2.34. The van der Waals surface area contributed by atoms with Gasteiger partial charge in [-0.15, -0.1) is 0 Å². The Morgan fingerprint density at radius 2 is 1.73 bits per heavy atom. The first kappa shape index (κ1) is 19.7. The number of benzene rings is 2. The van der Waals surface area contributed by atoms with Gasteiger partial charge in [0.2, 0.25) is 0 Å². The van der Waals surface area contributed by atoms with Crippen molar-refractivity contribution in [3.05, 3.63) is 64.4 Å². The number of carbonyl (C=O) groups is 2. The van der Waals surface area contributed by atoms with Crippen LogP contribution in [0.3, 0.4) is 0 Å². The predicted octanol–water partition coefficient (Wildman–Crippen LogP) is 4.22. The maximum Gasteiger partial charge on any atom is 0.418 e. The fourth-order valence-electron chi connectivity index (χ4n) is 2.03. The Hall–Kier alpha value is -2.61. The number of rotatable bonds is 5. The Labute approximate surface area is 150 Å². The van der Waals surface area contributed by atoms with Gasteiger partial charge in [0.15, 0.2) is 6.61 Å². The van der Waals surface area contributed by atoms with E-state index in [4.69, 9.17) is 16.3 Å². The van der Waals surface area contributed by atoms with Gasteiger partial charge in [-0.3, -0.25) is 9.59 Å². The predicted molar refractivity (Wildman–Crippen MR) is 86.1 cm³/mol. The van der Waals surface area contributed by atoms with Crippen LogP contribution in [0.1, 0.15) is 11.1 Å². The van der Waals surface area contributed by atoms with E-state index in [0.717, 1.165) is 24.3 Å². The fraction of sp³-hybridized carbons (Fsp3) is 0.176. The second-order valence-electron chi connectivity index (χ2n) is 5.17. The van der Waals surface area contributed by atoms with Crippen molar-refractivity contribution in [3.8, 4) is 0 Å². The number of esters is 1. The second-order valence-corrected chi connectivity index (χ2v) is 5.58. The lowest BCUT2D eigenvalue weighted by atomic mass is 10.1. The molecule has 0 saturated heterocycles. The highest BCUT2D eigenvalue weighted by molar-refractivity contribution is 6.34. The second kappa shape index (κ2) is 8.18. The molecule has 26 heavy (non-hydrogen) atoms. The monoisotopic (exact) mass is 389 g/mol. The Balaban J connectivity index is 1.95. The highest BCUT2D eigenvalue weighted by atomic mass is 35.5. The van der Waals surface area contributed by atoms with Gasteiger partial charge in [-0.1, -0.05) is 29.8 Å².